The first-order valence-electron chi connectivity index (χ1n) is 7.75. The fourth-order valence-corrected chi connectivity index (χ4v) is 3.03. The van der Waals surface area contributed by atoms with Gasteiger partial charge in [0.05, 0.1) is 0 Å². The van der Waals surface area contributed by atoms with E-state index in [1.54, 1.807) is 0 Å². The third-order valence-electron chi connectivity index (χ3n) is 4.15. The molecule has 0 saturated carbocycles. The van der Waals surface area contributed by atoms with Crippen LogP contribution in [0.3, 0.4) is 0 Å². The Balaban J connectivity index is 1.73. The molecular formula is C14H28N4O. The van der Waals surface area contributed by atoms with Crippen molar-refractivity contribution in [3.63, 3.8) is 0 Å². The minimum atomic E-state index is 0.110. The molecular weight excluding hydrogens is 240 g/mol. The largest absolute Gasteiger partial charge is 0.336 e. The lowest BCUT2D eigenvalue weighted by Gasteiger charge is -2.30. The van der Waals surface area contributed by atoms with E-state index < -0.39 is 0 Å². The molecule has 0 bridgehead atoms. The molecule has 0 atom stereocenters. The van der Waals surface area contributed by atoms with Gasteiger partial charge < -0.3 is 20.4 Å². The molecule has 2 aliphatic rings. The van der Waals surface area contributed by atoms with Crippen LogP contribution in [0.1, 0.15) is 26.2 Å². The number of carbonyl (C=O) groups excluding carboxylic acids is 1. The van der Waals surface area contributed by atoms with Gasteiger partial charge >= 0.3 is 6.03 Å². The van der Waals surface area contributed by atoms with Crippen LogP contribution in [0, 0.1) is 5.92 Å². The van der Waals surface area contributed by atoms with E-state index in [4.69, 9.17) is 0 Å². The molecule has 2 aliphatic heterocycles. The van der Waals surface area contributed by atoms with Gasteiger partial charge in [0.2, 0.25) is 0 Å². The molecule has 0 aromatic heterocycles. The highest BCUT2D eigenvalue weighted by molar-refractivity contribution is 5.76. The highest BCUT2D eigenvalue weighted by atomic mass is 16.2. The van der Waals surface area contributed by atoms with E-state index >= 15 is 0 Å². The molecule has 2 rings (SSSR count). The van der Waals surface area contributed by atoms with Crippen LogP contribution in [0.5, 0.6) is 0 Å². The standard InChI is InChI=1S/C14H28N4O/c1-2-8-17(12-13-3-5-15-6-4-13)10-11-18-9-7-16-14(18)19/h13,15H,2-12H2,1H3,(H,16,19). The summed E-state index contributed by atoms with van der Waals surface area (Å²) in [5.74, 6) is 0.834. The van der Waals surface area contributed by atoms with Gasteiger partial charge in [-0.05, 0) is 44.8 Å². The molecule has 0 aromatic carbocycles. The third kappa shape index (κ3) is 4.66. The minimum Gasteiger partial charge on any atom is -0.336 e. The zero-order valence-corrected chi connectivity index (χ0v) is 12.2. The van der Waals surface area contributed by atoms with Gasteiger partial charge in [0.15, 0.2) is 0 Å². The highest BCUT2D eigenvalue weighted by Crippen LogP contribution is 2.13. The second-order valence-corrected chi connectivity index (χ2v) is 5.71. The Labute approximate surface area is 116 Å². The summed E-state index contributed by atoms with van der Waals surface area (Å²) in [4.78, 5) is 16.0. The SMILES string of the molecule is CCCN(CCN1CCNC1=O)CC1CCNCC1. The zero-order valence-electron chi connectivity index (χ0n) is 12.2. The summed E-state index contributed by atoms with van der Waals surface area (Å²) in [7, 11) is 0. The van der Waals surface area contributed by atoms with Crippen molar-refractivity contribution >= 4 is 6.03 Å². The number of carbonyl (C=O) groups is 1. The second kappa shape index (κ2) is 7.70. The monoisotopic (exact) mass is 268 g/mol. The molecule has 2 heterocycles. The first-order valence-corrected chi connectivity index (χ1v) is 7.75. The smallest absolute Gasteiger partial charge is 0.317 e. The lowest BCUT2D eigenvalue weighted by Crippen LogP contribution is -2.41. The van der Waals surface area contributed by atoms with Gasteiger partial charge in [-0.1, -0.05) is 6.92 Å². The number of piperidine rings is 1. The summed E-state index contributed by atoms with van der Waals surface area (Å²) in [5.41, 5.74) is 0. The molecule has 2 N–H and O–H groups in total. The first kappa shape index (κ1) is 14.6. The number of urea groups is 1. The molecule has 2 amide bonds. The normalized spacial score (nSPS) is 21.2. The molecule has 2 saturated heterocycles. The second-order valence-electron chi connectivity index (χ2n) is 5.71. The number of rotatable bonds is 7. The van der Waals surface area contributed by atoms with Crippen LogP contribution in [-0.4, -0.2) is 68.2 Å². The summed E-state index contributed by atoms with van der Waals surface area (Å²) in [6, 6.07) is 0.110. The number of hydrogen-bond acceptors (Lipinski definition) is 3. The molecule has 2 fully saturated rings. The van der Waals surface area contributed by atoms with E-state index in [0.29, 0.717) is 0 Å². The van der Waals surface area contributed by atoms with Crippen LogP contribution >= 0.6 is 0 Å². The van der Waals surface area contributed by atoms with Crippen LogP contribution in [0.2, 0.25) is 0 Å². The molecule has 0 spiro atoms. The quantitative estimate of drug-likeness (QED) is 0.715. The Kier molecular flexibility index (Phi) is 5.92. The predicted molar refractivity (Wildman–Crippen MR) is 77.3 cm³/mol. The Morgan fingerprint density at radius 2 is 2.05 bits per heavy atom. The predicted octanol–water partition coefficient (Wildman–Crippen LogP) is 0.723. The molecule has 0 radical (unpaired) electrons. The molecule has 0 aromatic rings. The number of nitrogens with one attached hydrogen (secondary N) is 2. The van der Waals surface area contributed by atoms with Crippen LogP contribution in [-0.2, 0) is 0 Å². The van der Waals surface area contributed by atoms with Crippen molar-refractivity contribution in [2.24, 2.45) is 5.92 Å². The molecule has 110 valence electrons. The Hall–Kier alpha value is -0.810. The molecule has 5 heteroatoms. The summed E-state index contributed by atoms with van der Waals surface area (Å²) in [6.07, 6.45) is 3.78. The van der Waals surface area contributed by atoms with Gasteiger partial charge in [0.1, 0.15) is 0 Å². The minimum absolute atomic E-state index is 0.110. The topological polar surface area (TPSA) is 47.6 Å². The lowest BCUT2D eigenvalue weighted by atomic mass is 9.97. The first-order chi connectivity index (χ1) is 9.29. The van der Waals surface area contributed by atoms with Crippen molar-refractivity contribution in [1.82, 2.24) is 20.4 Å². The molecule has 0 unspecified atom stereocenters. The Morgan fingerprint density at radius 1 is 1.26 bits per heavy atom. The summed E-state index contributed by atoms with van der Waals surface area (Å²) >= 11 is 0. The van der Waals surface area contributed by atoms with Gasteiger partial charge in [0.25, 0.3) is 0 Å². The summed E-state index contributed by atoms with van der Waals surface area (Å²) in [5, 5.41) is 6.29. The van der Waals surface area contributed by atoms with E-state index in [2.05, 4.69) is 22.5 Å². The Bertz CT molecular complexity index is 279. The zero-order chi connectivity index (χ0) is 13.5. The van der Waals surface area contributed by atoms with Crippen LogP contribution in [0.4, 0.5) is 4.79 Å². The average molecular weight is 268 g/mol. The van der Waals surface area contributed by atoms with E-state index in [0.717, 1.165) is 38.6 Å². The summed E-state index contributed by atoms with van der Waals surface area (Å²) in [6.45, 7) is 10.5. The molecule has 5 nitrogen and oxygen atoms in total. The maximum Gasteiger partial charge on any atom is 0.317 e. The highest BCUT2D eigenvalue weighted by Gasteiger charge is 2.21. The maximum absolute atomic E-state index is 11.5. The van der Waals surface area contributed by atoms with E-state index in [1.165, 1.54) is 38.9 Å². The summed E-state index contributed by atoms with van der Waals surface area (Å²) < 4.78 is 0. The van der Waals surface area contributed by atoms with E-state index in [9.17, 15) is 4.79 Å². The number of nitrogens with zero attached hydrogens (tertiary/aromatic N) is 2. The maximum atomic E-state index is 11.5. The van der Waals surface area contributed by atoms with Crippen molar-refractivity contribution in [1.29, 1.82) is 0 Å². The van der Waals surface area contributed by atoms with Crippen LogP contribution < -0.4 is 10.6 Å². The fraction of sp³-hybridized carbons (Fsp3) is 0.929. The van der Waals surface area contributed by atoms with Crippen molar-refractivity contribution < 1.29 is 4.79 Å². The number of amides is 2. The lowest BCUT2D eigenvalue weighted by molar-refractivity contribution is 0.179. The molecule has 0 aliphatic carbocycles. The van der Waals surface area contributed by atoms with Gasteiger partial charge in [-0.3, -0.25) is 0 Å². The van der Waals surface area contributed by atoms with Gasteiger partial charge in [0, 0.05) is 32.7 Å². The molecule has 19 heavy (non-hydrogen) atoms. The van der Waals surface area contributed by atoms with Crippen molar-refractivity contribution in [2.45, 2.75) is 26.2 Å². The van der Waals surface area contributed by atoms with Crippen LogP contribution in [0.15, 0.2) is 0 Å². The Morgan fingerprint density at radius 3 is 2.68 bits per heavy atom. The van der Waals surface area contributed by atoms with Gasteiger partial charge in [-0.15, -0.1) is 0 Å². The van der Waals surface area contributed by atoms with Gasteiger partial charge in [-0.2, -0.15) is 0 Å². The van der Waals surface area contributed by atoms with Crippen LogP contribution in [0.25, 0.3) is 0 Å². The van der Waals surface area contributed by atoms with E-state index in [1.807, 2.05) is 4.90 Å². The van der Waals surface area contributed by atoms with Crippen molar-refractivity contribution in [3.8, 4) is 0 Å². The van der Waals surface area contributed by atoms with E-state index in [-0.39, 0.29) is 6.03 Å². The third-order valence-corrected chi connectivity index (χ3v) is 4.15. The number of hydrogen-bond donors (Lipinski definition) is 2. The van der Waals surface area contributed by atoms with Crippen molar-refractivity contribution in [2.75, 3.05) is 52.4 Å². The van der Waals surface area contributed by atoms with Crippen molar-refractivity contribution in [3.05, 3.63) is 0 Å². The average Bonchev–Trinajstić information content (AvgIpc) is 2.83. The van der Waals surface area contributed by atoms with Gasteiger partial charge in [-0.25, -0.2) is 4.79 Å². The fourth-order valence-electron chi connectivity index (χ4n) is 3.03.